The molecule has 4 aliphatic rings. The lowest BCUT2D eigenvalue weighted by atomic mass is 9.95. The predicted molar refractivity (Wildman–Crippen MR) is 180 cm³/mol. The van der Waals surface area contributed by atoms with Crippen LogP contribution in [0.3, 0.4) is 0 Å². The van der Waals surface area contributed by atoms with Crippen LogP contribution in [0.15, 0.2) is 12.1 Å². The largest absolute Gasteiger partial charge is 0.461 e. The highest BCUT2D eigenvalue weighted by Crippen LogP contribution is 2.46. The molecule has 3 aromatic rings. The molecule has 15 heteroatoms. The molecule has 9 nitrogen and oxygen atoms in total. The van der Waals surface area contributed by atoms with Crippen molar-refractivity contribution in [3.8, 4) is 17.1 Å². The normalized spacial score (nSPS) is 25.6. The summed E-state index contributed by atoms with van der Waals surface area (Å²) in [7, 11) is 0. The Hall–Kier alpha value is -2.93. The summed E-state index contributed by atoms with van der Waals surface area (Å²) in [4.78, 5) is 28.2. The smallest absolute Gasteiger partial charge is 0.410 e. The number of halogens is 6. The number of benzene rings is 2. The van der Waals surface area contributed by atoms with Gasteiger partial charge in [-0.2, -0.15) is 9.97 Å². The highest BCUT2D eigenvalue weighted by atomic mass is 35.5. The average Bonchev–Trinajstić information content (AvgIpc) is 3.62. The maximum Gasteiger partial charge on any atom is 0.410 e. The van der Waals surface area contributed by atoms with E-state index in [4.69, 9.17) is 55.0 Å². The number of alkyl halides is 1. The van der Waals surface area contributed by atoms with Crippen LogP contribution in [0.4, 0.5) is 29.5 Å². The van der Waals surface area contributed by atoms with Crippen molar-refractivity contribution in [2.24, 2.45) is 0 Å². The number of anilines is 2. The van der Waals surface area contributed by atoms with E-state index in [1.54, 1.807) is 4.90 Å². The number of nitrogens with zero attached hydrogens (tertiary/aromatic N) is 5. The molecule has 0 radical (unpaired) electrons. The number of amides is 1. The number of carbonyl (C=O) groups excluding carboxylic acids is 1. The zero-order valence-electron chi connectivity index (χ0n) is 26.8. The maximum atomic E-state index is 16.8. The van der Waals surface area contributed by atoms with Crippen molar-refractivity contribution in [1.82, 2.24) is 19.8 Å². The summed E-state index contributed by atoms with van der Waals surface area (Å²) in [6.07, 6.45) is 2.15. The van der Waals surface area contributed by atoms with E-state index in [-0.39, 0.29) is 73.6 Å². The molecule has 4 aliphatic heterocycles. The first kappa shape index (κ1) is 33.6. The molecule has 5 heterocycles. The van der Waals surface area contributed by atoms with Gasteiger partial charge < -0.3 is 20.1 Å². The van der Waals surface area contributed by atoms with E-state index in [1.807, 2.05) is 25.7 Å². The average molecular weight is 728 g/mol. The first-order valence-corrected chi connectivity index (χ1v) is 17.2. The summed E-state index contributed by atoms with van der Waals surface area (Å²) in [6, 6.07) is 2.12. The summed E-state index contributed by atoms with van der Waals surface area (Å²) in [6.45, 7) is 7.46. The van der Waals surface area contributed by atoms with Gasteiger partial charge in [-0.05, 0) is 65.1 Å². The third-order valence-electron chi connectivity index (χ3n) is 9.92. The molecule has 2 N–H and O–H groups in total. The Bertz CT molecular complexity index is 1770. The van der Waals surface area contributed by atoms with Gasteiger partial charge in [0, 0.05) is 42.6 Å². The number of nitrogen functional groups attached to an aromatic ring is 1. The van der Waals surface area contributed by atoms with Crippen LogP contribution in [0, 0.1) is 11.6 Å². The van der Waals surface area contributed by atoms with E-state index in [0.29, 0.717) is 31.9 Å². The van der Waals surface area contributed by atoms with Crippen LogP contribution in [-0.2, 0) is 4.74 Å². The second-order valence-corrected chi connectivity index (χ2v) is 15.5. The van der Waals surface area contributed by atoms with E-state index in [0.717, 1.165) is 38.3 Å². The van der Waals surface area contributed by atoms with Gasteiger partial charge in [-0.3, -0.25) is 9.80 Å². The van der Waals surface area contributed by atoms with Crippen LogP contribution in [-0.4, -0.2) is 88.0 Å². The van der Waals surface area contributed by atoms with E-state index in [2.05, 4.69) is 9.88 Å². The van der Waals surface area contributed by atoms with Gasteiger partial charge in [0.25, 0.3) is 0 Å². The lowest BCUT2D eigenvalue weighted by molar-refractivity contribution is 0.0122. The Morgan fingerprint density at radius 2 is 1.73 bits per heavy atom. The SMILES string of the molecule is CC(C)(C)OC(=O)N1C2CCC1CN(c1nc(OC[C@@]34CCCN3C[C@H](F)C4)nc3c(F)c(-c4c(N)c(Cl)cc(Cl)c4F)c(Cl)cc13)C2. The van der Waals surface area contributed by atoms with E-state index < -0.39 is 28.9 Å². The zero-order valence-corrected chi connectivity index (χ0v) is 29.0. The monoisotopic (exact) mass is 726 g/mol. The summed E-state index contributed by atoms with van der Waals surface area (Å²) in [5.41, 5.74) is 3.82. The van der Waals surface area contributed by atoms with E-state index in [1.165, 1.54) is 6.07 Å². The molecule has 2 bridgehead atoms. The molecule has 4 fully saturated rings. The number of nitrogens with two attached hydrogens (primary N) is 1. The fourth-order valence-electron chi connectivity index (χ4n) is 7.88. The van der Waals surface area contributed by atoms with E-state index in [9.17, 15) is 9.18 Å². The number of carbonyl (C=O) groups is 1. The molecule has 1 amide bonds. The second-order valence-electron chi connectivity index (χ2n) is 14.3. The number of hydrogen-bond acceptors (Lipinski definition) is 8. The summed E-state index contributed by atoms with van der Waals surface area (Å²) in [5, 5.41) is -0.316. The Labute approximate surface area is 291 Å². The lowest BCUT2D eigenvalue weighted by Gasteiger charge is -2.42. The van der Waals surface area contributed by atoms with Crippen molar-refractivity contribution in [2.75, 3.05) is 43.4 Å². The van der Waals surface area contributed by atoms with E-state index >= 15 is 8.78 Å². The van der Waals surface area contributed by atoms with Crippen molar-refractivity contribution >= 4 is 63.3 Å². The molecular formula is C33H36Cl3F3N6O3. The maximum absolute atomic E-state index is 16.8. The molecule has 2 aromatic carbocycles. The molecule has 7 rings (SSSR count). The zero-order chi connectivity index (χ0) is 34.3. The summed E-state index contributed by atoms with van der Waals surface area (Å²) < 4.78 is 58.6. The molecule has 0 aliphatic carbocycles. The minimum Gasteiger partial charge on any atom is -0.461 e. The fourth-order valence-corrected chi connectivity index (χ4v) is 8.63. The quantitative estimate of drug-likeness (QED) is 0.212. The number of piperazine rings is 1. The van der Waals surface area contributed by atoms with Gasteiger partial charge in [-0.25, -0.2) is 18.0 Å². The van der Waals surface area contributed by atoms with Crippen LogP contribution in [0.5, 0.6) is 6.01 Å². The highest BCUT2D eigenvalue weighted by molar-refractivity contribution is 6.38. The number of ether oxygens (including phenoxy) is 2. The second kappa shape index (κ2) is 12.1. The number of fused-ring (bicyclic) bond motifs is 4. The van der Waals surface area contributed by atoms with Gasteiger partial charge in [-0.15, -0.1) is 0 Å². The number of hydrogen-bond donors (Lipinski definition) is 1. The molecule has 258 valence electrons. The van der Waals surface area contributed by atoms with Gasteiger partial charge in [-0.1, -0.05) is 34.8 Å². The molecular weight excluding hydrogens is 692 g/mol. The third-order valence-corrected chi connectivity index (χ3v) is 10.8. The Kier molecular flexibility index (Phi) is 8.49. The topological polar surface area (TPSA) is 97.0 Å². The van der Waals surface area contributed by atoms with Gasteiger partial charge in [0.15, 0.2) is 11.6 Å². The molecule has 0 spiro atoms. The summed E-state index contributed by atoms with van der Waals surface area (Å²) in [5.74, 6) is -1.60. The van der Waals surface area contributed by atoms with Gasteiger partial charge in [0.05, 0.1) is 38.4 Å². The fraction of sp³-hybridized carbons (Fsp3) is 0.545. The lowest BCUT2D eigenvalue weighted by Crippen LogP contribution is -2.57. The predicted octanol–water partition coefficient (Wildman–Crippen LogP) is 7.66. The van der Waals surface area contributed by atoms with Gasteiger partial charge in [0.2, 0.25) is 0 Å². The van der Waals surface area contributed by atoms with Crippen LogP contribution < -0.4 is 15.4 Å². The summed E-state index contributed by atoms with van der Waals surface area (Å²) >= 11 is 19.0. The first-order chi connectivity index (χ1) is 22.7. The Morgan fingerprint density at radius 1 is 1.02 bits per heavy atom. The number of rotatable bonds is 5. The van der Waals surface area contributed by atoms with Crippen LogP contribution in [0.2, 0.25) is 15.1 Å². The molecule has 0 saturated carbocycles. The van der Waals surface area contributed by atoms with Crippen molar-refractivity contribution in [2.45, 2.75) is 82.3 Å². The minimum atomic E-state index is -0.984. The first-order valence-electron chi connectivity index (χ1n) is 16.1. The molecule has 2 unspecified atom stereocenters. The molecule has 1 aromatic heterocycles. The van der Waals surface area contributed by atoms with Crippen molar-refractivity contribution in [3.63, 3.8) is 0 Å². The van der Waals surface area contributed by atoms with Crippen molar-refractivity contribution in [3.05, 3.63) is 38.8 Å². The van der Waals surface area contributed by atoms with Crippen LogP contribution >= 0.6 is 34.8 Å². The van der Waals surface area contributed by atoms with Crippen molar-refractivity contribution in [1.29, 1.82) is 0 Å². The van der Waals surface area contributed by atoms with Gasteiger partial charge >= 0.3 is 12.1 Å². The Morgan fingerprint density at radius 3 is 2.42 bits per heavy atom. The molecule has 4 saturated heterocycles. The van der Waals surface area contributed by atoms with Crippen LogP contribution in [0.25, 0.3) is 22.0 Å². The standard InChI is InChI=1S/C33H36Cl3F3N6O3/c1-32(2,3)48-31(46)45-17-5-6-18(45)14-43(13-17)29-19-9-20(34)23(24-25(38)21(35)10-22(36)27(24)40)26(39)28(19)41-30(42-29)47-15-33-7-4-8-44(33)12-16(37)11-33/h9-10,16-18H,4-8,11-15,40H2,1-3H3/t16-,17?,18?,33+/m1/s1. The van der Waals surface area contributed by atoms with Crippen LogP contribution in [0.1, 0.15) is 52.9 Å². The molecule has 48 heavy (non-hydrogen) atoms. The molecule has 4 atom stereocenters. The number of aromatic nitrogens is 2. The van der Waals surface area contributed by atoms with Gasteiger partial charge in [0.1, 0.15) is 29.7 Å². The highest BCUT2D eigenvalue weighted by Gasteiger charge is 2.50. The third kappa shape index (κ3) is 5.76. The Balaban J connectivity index is 1.32. The van der Waals surface area contributed by atoms with Crippen molar-refractivity contribution < 1.29 is 27.4 Å². The minimum absolute atomic E-state index is 0.0687.